The van der Waals surface area contributed by atoms with Gasteiger partial charge in [-0.05, 0) is 42.3 Å². The van der Waals surface area contributed by atoms with Gasteiger partial charge in [-0.25, -0.2) is 4.98 Å². The highest BCUT2D eigenvalue weighted by atomic mass is 16.5. The molecule has 0 saturated heterocycles. The van der Waals surface area contributed by atoms with Crippen LogP contribution in [0.15, 0.2) is 72.8 Å². The number of nitrogens with zero attached hydrogens (tertiary/aromatic N) is 1. The summed E-state index contributed by atoms with van der Waals surface area (Å²) in [6.07, 6.45) is 0. The van der Waals surface area contributed by atoms with Crippen molar-refractivity contribution in [3.8, 4) is 17.1 Å². The average molecular weight is 314 g/mol. The minimum Gasteiger partial charge on any atom is -0.489 e. The van der Waals surface area contributed by atoms with E-state index in [2.05, 4.69) is 29.0 Å². The van der Waals surface area contributed by atoms with Crippen molar-refractivity contribution in [1.29, 1.82) is 0 Å². The van der Waals surface area contributed by atoms with Crippen LogP contribution in [0.25, 0.3) is 22.4 Å². The van der Waals surface area contributed by atoms with Crippen molar-refractivity contribution in [2.45, 2.75) is 13.5 Å². The highest BCUT2D eigenvalue weighted by Crippen LogP contribution is 2.24. The molecule has 0 atom stereocenters. The minimum absolute atomic E-state index is 0.566. The molecule has 0 saturated carbocycles. The molecule has 0 aliphatic carbocycles. The Bertz CT molecular complexity index is 955. The zero-order valence-corrected chi connectivity index (χ0v) is 13.5. The monoisotopic (exact) mass is 314 g/mol. The number of aromatic amines is 1. The third kappa shape index (κ3) is 2.88. The van der Waals surface area contributed by atoms with Crippen molar-refractivity contribution < 1.29 is 4.74 Å². The van der Waals surface area contributed by atoms with Gasteiger partial charge in [0.05, 0.1) is 11.0 Å². The Morgan fingerprint density at radius 1 is 0.917 bits per heavy atom. The molecule has 0 fully saturated rings. The van der Waals surface area contributed by atoms with E-state index in [0.717, 1.165) is 28.2 Å². The molecular formula is C21H18N2O. The summed E-state index contributed by atoms with van der Waals surface area (Å²) in [6.45, 7) is 2.67. The second kappa shape index (κ2) is 6.20. The molecule has 0 amide bonds. The minimum atomic E-state index is 0.566. The number of imidazole rings is 1. The maximum Gasteiger partial charge on any atom is 0.138 e. The van der Waals surface area contributed by atoms with Gasteiger partial charge in [-0.15, -0.1) is 0 Å². The Kier molecular flexibility index (Phi) is 3.75. The van der Waals surface area contributed by atoms with Crippen LogP contribution < -0.4 is 4.74 Å². The van der Waals surface area contributed by atoms with Crippen molar-refractivity contribution >= 4 is 11.0 Å². The number of nitrogens with one attached hydrogen (secondary N) is 1. The van der Waals surface area contributed by atoms with E-state index in [9.17, 15) is 0 Å². The van der Waals surface area contributed by atoms with Gasteiger partial charge in [0.25, 0.3) is 0 Å². The Hall–Kier alpha value is -3.07. The molecule has 4 rings (SSSR count). The van der Waals surface area contributed by atoms with Crippen molar-refractivity contribution in [2.24, 2.45) is 0 Å². The molecule has 1 heterocycles. The second-order valence-corrected chi connectivity index (χ2v) is 5.85. The lowest BCUT2D eigenvalue weighted by molar-refractivity contribution is 0.305. The summed E-state index contributed by atoms with van der Waals surface area (Å²) in [5.74, 6) is 1.70. The van der Waals surface area contributed by atoms with Gasteiger partial charge in [0.1, 0.15) is 18.2 Å². The summed E-state index contributed by atoms with van der Waals surface area (Å²) in [6, 6.07) is 24.4. The topological polar surface area (TPSA) is 37.9 Å². The van der Waals surface area contributed by atoms with Gasteiger partial charge in [-0.1, -0.05) is 48.5 Å². The summed E-state index contributed by atoms with van der Waals surface area (Å²) in [5.41, 5.74) is 5.48. The molecule has 0 spiro atoms. The fraction of sp³-hybridized carbons (Fsp3) is 0.0952. The Labute approximate surface area is 140 Å². The first-order chi connectivity index (χ1) is 11.8. The molecule has 1 aromatic heterocycles. The number of H-pyrrole nitrogens is 1. The van der Waals surface area contributed by atoms with E-state index in [0.29, 0.717) is 6.61 Å². The normalized spacial score (nSPS) is 10.9. The van der Waals surface area contributed by atoms with E-state index in [1.807, 2.05) is 60.7 Å². The number of ether oxygens (including phenoxy) is 1. The molecule has 4 aromatic rings. The van der Waals surface area contributed by atoms with E-state index in [-0.39, 0.29) is 0 Å². The first-order valence-electron chi connectivity index (χ1n) is 8.02. The summed E-state index contributed by atoms with van der Waals surface area (Å²) >= 11 is 0. The van der Waals surface area contributed by atoms with E-state index in [1.165, 1.54) is 11.1 Å². The molecular weight excluding hydrogens is 296 g/mol. The number of fused-ring (bicyclic) bond motifs is 1. The molecule has 0 aliphatic rings. The fourth-order valence-electron chi connectivity index (χ4n) is 2.76. The van der Waals surface area contributed by atoms with Crippen LogP contribution in [0, 0.1) is 6.92 Å². The molecule has 118 valence electrons. The average Bonchev–Trinajstić information content (AvgIpc) is 3.06. The zero-order chi connectivity index (χ0) is 16.4. The van der Waals surface area contributed by atoms with E-state index >= 15 is 0 Å². The number of rotatable bonds is 4. The Morgan fingerprint density at radius 2 is 1.75 bits per heavy atom. The number of hydrogen-bond acceptors (Lipinski definition) is 2. The summed E-state index contributed by atoms with van der Waals surface area (Å²) in [7, 11) is 0. The van der Waals surface area contributed by atoms with Crippen LogP contribution in [0.5, 0.6) is 5.75 Å². The quantitative estimate of drug-likeness (QED) is 0.568. The molecule has 3 nitrogen and oxygen atoms in total. The van der Waals surface area contributed by atoms with Crippen molar-refractivity contribution in [3.63, 3.8) is 0 Å². The summed E-state index contributed by atoms with van der Waals surface area (Å²) in [4.78, 5) is 8.00. The number of aryl methyl sites for hydroxylation is 1. The summed E-state index contributed by atoms with van der Waals surface area (Å²) in [5, 5.41) is 0. The molecule has 0 unspecified atom stereocenters. The summed E-state index contributed by atoms with van der Waals surface area (Å²) < 4.78 is 5.97. The van der Waals surface area contributed by atoms with Crippen LogP contribution in [0.1, 0.15) is 11.1 Å². The largest absolute Gasteiger partial charge is 0.489 e. The fourth-order valence-corrected chi connectivity index (χ4v) is 2.76. The molecule has 24 heavy (non-hydrogen) atoms. The van der Waals surface area contributed by atoms with Crippen LogP contribution in [0.2, 0.25) is 0 Å². The van der Waals surface area contributed by atoms with Crippen molar-refractivity contribution in [3.05, 3.63) is 83.9 Å². The lowest BCUT2D eigenvalue weighted by Gasteiger charge is -2.09. The lowest BCUT2D eigenvalue weighted by atomic mass is 10.1. The lowest BCUT2D eigenvalue weighted by Crippen LogP contribution is -1.97. The van der Waals surface area contributed by atoms with Gasteiger partial charge in [-0.3, -0.25) is 0 Å². The van der Waals surface area contributed by atoms with Gasteiger partial charge in [-0.2, -0.15) is 0 Å². The van der Waals surface area contributed by atoms with Gasteiger partial charge in [0, 0.05) is 5.56 Å². The van der Waals surface area contributed by atoms with Crippen LogP contribution in [-0.4, -0.2) is 9.97 Å². The standard InChI is InChI=1S/C21H18N2O/c1-15-7-2-3-8-17(15)14-24-18-10-6-9-16(13-18)21-22-19-11-4-5-12-20(19)23-21/h2-13H,14H2,1H3,(H,22,23). The Morgan fingerprint density at radius 3 is 2.62 bits per heavy atom. The Balaban J connectivity index is 1.58. The molecule has 3 aromatic carbocycles. The van der Waals surface area contributed by atoms with Gasteiger partial charge >= 0.3 is 0 Å². The van der Waals surface area contributed by atoms with Gasteiger partial charge in [0.15, 0.2) is 0 Å². The molecule has 0 radical (unpaired) electrons. The first-order valence-corrected chi connectivity index (χ1v) is 8.02. The molecule has 3 heteroatoms. The predicted molar refractivity (Wildman–Crippen MR) is 97.0 cm³/mol. The SMILES string of the molecule is Cc1ccccc1COc1cccc(-c2nc3ccccc3[nH]2)c1. The maximum atomic E-state index is 5.97. The van der Waals surface area contributed by atoms with Crippen LogP contribution >= 0.6 is 0 Å². The van der Waals surface area contributed by atoms with Crippen LogP contribution in [-0.2, 0) is 6.61 Å². The highest BCUT2D eigenvalue weighted by Gasteiger charge is 2.06. The van der Waals surface area contributed by atoms with Crippen LogP contribution in [0.4, 0.5) is 0 Å². The second-order valence-electron chi connectivity index (χ2n) is 5.85. The third-order valence-electron chi connectivity index (χ3n) is 4.15. The maximum absolute atomic E-state index is 5.97. The van der Waals surface area contributed by atoms with Crippen LogP contribution in [0.3, 0.4) is 0 Å². The number of aromatic nitrogens is 2. The third-order valence-corrected chi connectivity index (χ3v) is 4.15. The highest BCUT2D eigenvalue weighted by molar-refractivity contribution is 5.79. The van der Waals surface area contributed by atoms with Gasteiger partial charge in [0.2, 0.25) is 0 Å². The predicted octanol–water partition coefficient (Wildman–Crippen LogP) is 5.12. The van der Waals surface area contributed by atoms with E-state index in [4.69, 9.17) is 4.74 Å². The van der Waals surface area contributed by atoms with Gasteiger partial charge < -0.3 is 9.72 Å². The van der Waals surface area contributed by atoms with E-state index < -0.39 is 0 Å². The zero-order valence-electron chi connectivity index (χ0n) is 13.5. The van der Waals surface area contributed by atoms with Crippen molar-refractivity contribution in [2.75, 3.05) is 0 Å². The van der Waals surface area contributed by atoms with Crippen molar-refractivity contribution in [1.82, 2.24) is 9.97 Å². The molecule has 0 aliphatic heterocycles. The number of benzene rings is 3. The molecule has 1 N–H and O–H groups in total. The number of hydrogen-bond donors (Lipinski definition) is 1. The number of para-hydroxylation sites is 2. The first kappa shape index (κ1) is 14.5. The van der Waals surface area contributed by atoms with E-state index in [1.54, 1.807) is 0 Å². The molecule has 0 bridgehead atoms. The smallest absolute Gasteiger partial charge is 0.138 e.